The van der Waals surface area contributed by atoms with E-state index in [9.17, 15) is 4.79 Å². The molecule has 0 saturated carbocycles. The summed E-state index contributed by atoms with van der Waals surface area (Å²) in [7, 11) is 1.56. The smallest absolute Gasteiger partial charge is 0.324 e. The number of aliphatic carboxylic acids is 1. The van der Waals surface area contributed by atoms with E-state index in [4.69, 9.17) is 5.11 Å². The molecule has 0 aliphatic carbocycles. The minimum Gasteiger partial charge on any atom is -0.480 e. The Morgan fingerprint density at radius 1 is 1.43 bits per heavy atom. The van der Waals surface area contributed by atoms with Crippen molar-refractivity contribution >= 4 is 11.7 Å². The fraction of sp³-hybridized carbons (Fsp3) is 0.222. The van der Waals surface area contributed by atoms with Crippen LogP contribution in [-0.4, -0.2) is 29.7 Å². The lowest BCUT2D eigenvalue weighted by atomic mass is 10.3. The van der Waals surface area contributed by atoms with Crippen molar-refractivity contribution in [2.45, 2.75) is 0 Å². The number of nitrogens with zero attached hydrogens (tertiary/aromatic N) is 3. The van der Waals surface area contributed by atoms with Gasteiger partial charge < -0.3 is 5.11 Å². The molecule has 0 aromatic heterocycles. The molecule has 1 aromatic carbocycles. The molecule has 5 nitrogen and oxygen atoms in total. The molecule has 0 fully saturated rings. The van der Waals surface area contributed by atoms with Gasteiger partial charge >= 0.3 is 5.97 Å². The largest absolute Gasteiger partial charge is 0.480 e. The van der Waals surface area contributed by atoms with E-state index in [1.807, 2.05) is 18.2 Å². The van der Waals surface area contributed by atoms with Crippen LogP contribution in [0.15, 0.2) is 40.7 Å². The fourth-order valence-corrected chi connectivity index (χ4v) is 0.850. The van der Waals surface area contributed by atoms with Gasteiger partial charge in [0, 0.05) is 7.05 Å². The van der Waals surface area contributed by atoms with Gasteiger partial charge in [-0.1, -0.05) is 23.4 Å². The van der Waals surface area contributed by atoms with Crippen LogP contribution >= 0.6 is 0 Å². The number of likely N-dealkylation sites (N-methyl/N-ethyl adjacent to an activating group) is 1. The number of carboxylic acids is 1. The minimum absolute atomic E-state index is 0.156. The highest BCUT2D eigenvalue weighted by atomic mass is 16.4. The predicted octanol–water partition coefficient (Wildman–Crippen LogP) is 1.70. The van der Waals surface area contributed by atoms with E-state index in [1.54, 1.807) is 19.2 Å². The Hall–Kier alpha value is -1.91. The van der Waals surface area contributed by atoms with E-state index < -0.39 is 5.97 Å². The first-order chi connectivity index (χ1) is 6.68. The van der Waals surface area contributed by atoms with Gasteiger partial charge in [0.05, 0.1) is 5.69 Å². The summed E-state index contributed by atoms with van der Waals surface area (Å²) >= 11 is 0. The molecule has 0 heterocycles. The van der Waals surface area contributed by atoms with Crippen LogP contribution in [0.2, 0.25) is 0 Å². The van der Waals surface area contributed by atoms with Crippen molar-refractivity contribution in [3.05, 3.63) is 30.3 Å². The summed E-state index contributed by atoms with van der Waals surface area (Å²) < 4.78 is 0. The molecule has 1 rings (SSSR count). The molecular formula is C9H11N3O2. The highest BCUT2D eigenvalue weighted by Gasteiger charge is 1.99. The van der Waals surface area contributed by atoms with E-state index in [2.05, 4.69) is 10.3 Å². The second-order valence-electron chi connectivity index (χ2n) is 2.73. The molecule has 0 amide bonds. The maximum Gasteiger partial charge on any atom is 0.324 e. The molecule has 0 radical (unpaired) electrons. The van der Waals surface area contributed by atoms with Crippen molar-refractivity contribution in [2.75, 3.05) is 13.6 Å². The van der Waals surface area contributed by atoms with Gasteiger partial charge in [-0.25, -0.2) is 0 Å². The van der Waals surface area contributed by atoms with Gasteiger partial charge in [0.1, 0.15) is 6.54 Å². The highest BCUT2D eigenvalue weighted by Crippen LogP contribution is 2.10. The Morgan fingerprint density at radius 3 is 2.64 bits per heavy atom. The van der Waals surface area contributed by atoms with Crippen molar-refractivity contribution in [2.24, 2.45) is 10.3 Å². The lowest BCUT2D eigenvalue weighted by Crippen LogP contribution is -2.19. The first-order valence-corrected chi connectivity index (χ1v) is 4.08. The lowest BCUT2D eigenvalue weighted by molar-refractivity contribution is -0.138. The summed E-state index contributed by atoms with van der Waals surface area (Å²) in [5.41, 5.74) is 0.699. The molecule has 0 bridgehead atoms. The Balaban J connectivity index is 2.52. The van der Waals surface area contributed by atoms with Crippen molar-refractivity contribution < 1.29 is 9.90 Å². The van der Waals surface area contributed by atoms with Crippen LogP contribution in [0.25, 0.3) is 0 Å². The van der Waals surface area contributed by atoms with Gasteiger partial charge in [0.25, 0.3) is 0 Å². The fourth-order valence-electron chi connectivity index (χ4n) is 0.850. The number of hydrogen-bond donors (Lipinski definition) is 1. The summed E-state index contributed by atoms with van der Waals surface area (Å²) in [6.07, 6.45) is 0. The third-order valence-corrected chi connectivity index (χ3v) is 1.43. The van der Waals surface area contributed by atoms with E-state index in [1.165, 1.54) is 5.01 Å². The lowest BCUT2D eigenvalue weighted by Gasteiger charge is -2.06. The van der Waals surface area contributed by atoms with Crippen LogP contribution in [0.1, 0.15) is 0 Å². The molecule has 0 atom stereocenters. The molecule has 74 valence electrons. The molecule has 5 heteroatoms. The van der Waals surface area contributed by atoms with E-state index >= 15 is 0 Å². The van der Waals surface area contributed by atoms with E-state index in [0.29, 0.717) is 5.69 Å². The number of hydrogen-bond acceptors (Lipinski definition) is 3. The predicted molar refractivity (Wildman–Crippen MR) is 51.2 cm³/mol. The first kappa shape index (κ1) is 10.2. The summed E-state index contributed by atoms with van der Waals surface area (Å²) in [5, 5.41) is 17.3. The van der Waals surface area contributed by atoms with E-state index in [-0.39, 0.29) is 6.54 Å². The summed E-state index contributed by atoms with van der Waals surface area (Å²) in [4.78, 5) is 10.3. The molecule has 0 saturated heterocycles. The molecule has 0 aliphatic heterocycles. The molecule has 1 N–H and O–H groups in total. The van der Waals surface area contributed by atoms with Gasteiger partial charge in [-0.15, -0.1) is 5.11 Å². The average Bonchev–Trinajstić information content (AvgIpc) is 2.15. The summed E-state index contributed by atoms with van der Waals surface area (Å²) in [6.45, 7) is -0.156. The van der Waals surface area contributed by atoms with Crippen molar-refractivity contribution in [3.63, 3.8) is 0 Å². The quantitative estimate of drug-likeness (QED) is 0.584. The van der Waals surface area contributed by atoms with E-state index in [0.717, 1.165) is 0 Å². The Bertz CT molecular complexity index is 324. The zero-order valence-electron chi connectivity index (χ0n) is 7.79. The molecule has 1 aromatic rings. The van der Waals surface area contributed by atoms with Gasteiger partial charge in [0.2, 0.25) is 0 Å². The second kappa shape index (κ2) is 4.96. The third-order valence-electron chi connectivity index (χ3n) is 1.43. The molecule has 14 heavy (non-hydrogen) atoms. The van der Waals surface area contributed by atoms with Crippen LogP contribution < -0.4 is 0 Å². The van der Waals surface area contributed by atoms with Crippen LogP contribution in [0.4, 0.5) is 5.69 Å². The monoisotopic (exact) mass is 193 g/mol. The Kier molecular flexibility index (Phi) is 3.60. The maximum atomic E-state index is 10.3. The summed E-state index contributed by atoms with van der Waals surface area (Å²) in [5.74, 6) is -0.931. The van der Waals surface area contributed by atoms with Crippen LogP contribution in [0.5, 0.6) is 0 Å². The highest BCUT2D eigenvalue weighted by molar-refractivity contribution is 5.68. The van der Waals surface area contributed by atoms with Crippen LogP contribution in [0, 0.1) is 0 Å². The standard InChI is InChI=1S/C9H11N3O2/c1-12(7-9(13)14)11-10-8-5-3-2-4-6-8/h2-6H,7H2,1H3,(H,13,14)/b11-10+. The zero-order chi connectivity index (χ0) is 10.4. The first-order valence-electron chi connectivity index (χ1n) is 4.08. The zero-order valence-corrected chi connectivity index (χ0v) is 7.79. The van der Waals surface area contributed by atoms with Crippen LogP contribution in [0.3, 0.4) is 0 Å². The van der Waals surface area contributed by atoms with Gasteiger partial charge in [0.15, 0.2) is 0 Å². The minimum atomic E-state index is -0.931. The molecule has 0 aliphatic rings. The molecular weight excluding hydrogens is 182 g/mol. The number of carbonyl (C=O) groups is 1. The Morgan fingerprint density at radius 2 is 2.07 bits per heavy atom. The molecule has 0 spiro atoms. The summed E-state index contributed by atoms with van der Waals surface area (Å²) in [6, 6.07) is 9.13. The van der Waals surface area contributed by atoms with Crippen LogP contribution in [-0.2, 0) is 4.79 Å². The Labute approximate surface area is 81.7 Å². The van der Waals surface area contributed by atoms with Gasteiger partial charge in [-0.05, 0) is 12.1 Å². The van der Waals surface area contributed by atoms with Gasteiger partial charge in [-0.3, -0.25) is 9.80 Å². The van der Waals surface area contributed by atoms with Crippen molar-refractivity contribution in [1.29, 1.82) is 0 Å². The topological polar surface area (TPSA) is 65.3 Å². The normalized spacial score (nSPS) is 10.4. The number of benzene rings is 1. The maximum absolute atomic E-state index is 10.3. The average molecular weight is 193 g/mol. The van der Waals surface area contributed by atoms with Gasteiger partial charge in [-0.2, -0.15) is 0 Å². The number of carboxylic acid groups (broad SMARTS) is 1. The second-order valence-corrected chi connectivity index (χ2v) is 2.73. The number of rotatable bonds is 4. The third kappa shape index (κ3) is 3.66. The molecule has 0 unspecified atom stereocenters. The SMILES string of the molecule is CN(CC(=O)O)/N=N/c1ccccc1. The van der Waals surface area contributed by atoms with Crippen molar-refractivity contribution in [3.8, 4) is 0 Å². The van der Waals surface area contributed by atoms with Crippen molar-refractivity contribution in [1.82, 2.24) is 5.01 Å².